The van der Waals surface area contributed by atoms with Gasteiger partial charge in [0.15, 0.2) is 0 Å². The molecule has 1 aliphatic heterocycles. The highest BCUT2D eigenvalue weighted by atomic mass is 32.2. The number of hydrogen-bond acceptors (Lipinski definition) is 5. The van der Waals surface area contributed by atoms with E-state index in [4.69, 9.17) is 0 Å². The second kappa shape index (κ2) is 11.6. The average Bonchev–Trinajstić information content (AvgIpc) is 2.79. The van der Waals surface area contributed by atoms with Crippen LogP contribution >= 0.6 is 23.5 Å². The molecular weight excluding hydrogens is 460 g/mol. The molecule has 32 heavy (non-hydrogen) atoms. The summed E-state index contributed by atoms with van der Waals surface area (Å²) in [6.07, 6.45) is 3.88. The fourth-order valence-corrected chi connectivity index (χ4v) is 6.38. The van der Waals surface area contributed by atoms with Crippen LogP contribution in [0.2, 0.25) is 0 Å². The molecule has 8 heteroatoms. The molecule has 3 rings (SSSR count). The summed E-state index contributed by atoms with van der Waals surface area (Å²) in [5, 5.41) is 0. The lowest BCUT2D eigenvalue weighted by Crippen LogP contribution is -2.38. The first kappa shape index (κ1) is 25.1. The zero-order valence-electron chi connectivity index (χ0n) is 19.0. The number of aryl methyl sites for hydroxylation is 1. The van der Waals surface area contributed by atoms with Crippen LogP contribution in [-0.4, -0.2) is 50.9 Å². The molecule has 2 aromatic carbocycles. The van der Waals surface area contributed by atoms with Gasteiger partial charge in [0, 0.05) is 36.0 Å². The van der Waals surface area contributed by atoms with Crippen LogP contribution in [-0.2, 0) is 15.8 Å². The molecule has 174 valence electrons. The number of hydrogen-bond donors (Lipinski definition) is 1. The summed E-state index contributed by atoms with van der Waals surface area (Å²) < 4.78 is 28.4. The van der Waals surface area contributed by atoms with Gasteiger partial charge in [0.05, 0.1) is 10.5 Å². The minimum Gasteiger partial charge on any atom is -0.339 e. The topological polar surface area (TPSA) is 66.5 Å². The number of rotatable bonds is 9. The van der Waals surface area contributed by atoms with Gasteiger partial charge in [-0.05, 0) is 61.3 Å². The van der Waals surface area contributed by atoms with Gasteiger partial charge < -0.3 is 4.90 Å². The minimum absolute atomic E-state index is 0.0768. The molecule has 1 heterocycles. The van der Waals surface area contributed by atoms with Crippen LogP contribution in [0.1, 0.15) is 41.3 Å². The lowest BCUT2D eigenvalue weighted by atomic mass is 9.98. The van der Waals surface area contributed by atoms with Gasteiger partial charge in [0.25, 0.3) is 5.91 Å². The molecule has 0 spiro atoms. The first-order valence-electron chi connectivity index (χ1n) is 10.9. The number of sulfonamides is 1. The summed E-state index contributed by atoms with van der Waals surface area (Å²) >= 11 is 3.16. The highest BCUT2D eigenvalue weighted by molar-refractivity contribution is 7.98. The summed E-state index contributed by atoms with van der Waals surface area (Å²) in [5.74, 6) is 2.07. The second-order valence-electron chi connectivity index (χ2n) is 8.21. The van der Waals surface area contributed by atoms with Crippen LogP contribution in [0.3, 0.4) is 0 Å². The standard InChI is InChI=1S/C24H32N2O3S3/c1-18-10-13-26(14-11-18)24(27)22-16-21(8-9-23(22)30-3)32(28,29)25-12-15-31-17-20-7-5-4-6-19(20)2/h4-9,16,18,25H,10-15,17H2,1-3H3. The van der Waals surface area contributed by atoms with Crippen LogP contribution < -0.4 is 4.72 Å². The molecule has 1 fully saturated rings. The summed E-state index contributed by atoms with van der Waals surface area (Å²) in [6.45, 7) is 6.08. The van der Waals surface area contributed by atoms with E-state index >= 15 is 0 Å². The maximum Gasteiger partial charge on any atom is 0.255 e. The van der Waals surface area contributed by atoms with Crippen LogP contribution in [0.25, 0.3) is 0 Å². The van der Waals surface area contributed by atoms with E-state index in [1.54, 1.807) is 23.9 Å². The molecule has 0 aromatic heterocycles. The van der Waals surface area contributed by atoms with Crippen LogP contribution in [0.5, 0.6) is 0 Å². The molecule has 1 N–H and O–H groups in total. The van der Waals surface area contributed by atoms with Gasteiger partial charge in [-0.2, -0.15) is 11.8 Å². The summed E-state index contributed by atoms with van der Waals surface area (Å²) in [6, 6.07) is 13.1. The molecule has 0 bridgehead atoms. The van der Waals surface area contributed by atoms with E-state index < -0.39 is 10.0 Å². The Morgan fingerprint density at radius 1 is 1.16 bits per heavy atom. The molecule has 2 aromatic rings. The van der Waals surface area contributed by atoms with Gasteiger partial charge in [0.1, 0.15) is 0 Å². The number of nitrogens with zero attached hydrogens (tertiary/aromatic N) is 1. The smallest absolute Gasteiger partial charge is 0.255 e. The van der Waals surface area contributed by atoms with Crippen molar-refractivity contribution in [3.05, 3.63) is 59.2 Å². The maximum atomic E-state index is 13.1. The Hall–Kier alpha value is -1.48. The number of thioether (sulfide) groups is 2. The van der Waals surface area contributed by atoms with Gasteiger partial charge in [-0.25, -0.2) is 13.1 Å². The molecule has 0 saturated carbocycles. The van der Waals surface area contributed by atoms with Crippen molar-refractivity contribution in [2.24, 2.45) is 5.92 Å². The van der Waals surface area contributed by atoms with Crippen molar-refractivity contribution in [2.45, 2.75) is 42.2 Å². The fourth-order valence-electron chi connectivity index (χ4n) is 3.69. The van der Waals surface area contributed by atoms with Crippen LogP contribution in [0, 0.1) is 12.8 Å². The number of carbonyl (C=O) groups is 1. The zero-order chi connectivity index (χ0) is 23.1. The Bertz CT molecular complexity index is 1030. The normalized spacial score (nSPS) is 15.2. The maximum absolute atomic E-state index is 13.1. The Balaban J connectivity index is 1.62. The number of likely N-dealkylation sites (tertiary alicyclic amines) is 1. The molecule has 0 radical (unpaired) electrons. The highest BCUT2D eigenvalue weighted by Gasteiger charge is 2.25. The quantitative estimate of drug-likeness (QED) is 0.402. The van der Waals surface area contributed by atoms with Crippen LogP contribution in [0.15, 0.2) is 52.3 Å². The Labute approximate surface area is 200 Å². The molecule has 0 unspecified atom stereocenters. The third-order valence-corrected chi connectivity index (χ3v) is 9.10. The molecule has 0 aliphatic carbocycles. The van der Waals surface area contributed by atoms with Crippen molar-refractivity contribution in [3.8, 4) is 0 Å². The lowest BCUT2D eigenvalue weighted by Gasteiger charge is -2.30. The molecule has 0 atom stereocenters. The third kappa shape index (κ3) is 6.53. The van der Waals surface area contributed by atoms with Gasteiger partial charge in [-0.15, -0.1) is 11.8 Å². The van der Waals surface area contributed by atoms with Gasteiger partial charge in [-0.3, -0.25) is 4.79 Å². The molecule has 5 nitrogen and oxygen atoms in total. The number of piperidine rings is 1. The van der Waals surface area contributed by atoms with Gasteiger partial charge in [-0.1, -0.05) is 31.2 Å². The van der Waals surface area contributed by atoms with Crippen molar-refractivity contribution in [3.63, 3.8) is 0 Å². The Kier molecular flexibility index (Phi) is 9.11. The fraction of sp³-hybridized carbons (Fsp3) is 0.458. The molecule has 1 saturated heterocycles. The minimum atomic E-state index is -3.68. The average molecular weight is 493 g/mol. The van der Waals surface area contributed by atoms with Crippen LogP contribution in [0.4, 0.5) is 0 Å². The number of benzene rings is 2. The van der Waals surface area contributed by atoms with E-state index in [2.05, 4.69) is 30.7 Å². The van der Waals surface area contributed by atoms with Crippen molar-refractivity contribution >= 4 is 39.5 Å². The summed E-state index contributed by atoms with van der Waals surface area (Å²) in [5.41, 5.74) is 2.99. The summed E-state index contributed by atoms with van der Waals surface area (Å²) in [7, 11) is -3.68. The number of carbonyl (C=O) groups excluding carboxylic acids is 1. The second-order valence-corrected chi connectivity index (χ2v) is 11.9. The molecular formula is C24H32N2O3S3. The van der Waals surface area contributed by atoms with Gasteiger partial charge >= 0.3 is 0 Å². The molecule has 1 aliphatic rings. The number of amides is 1. The monoisotopic (exact) mass is 492 g/mol. The SMILES string of the molecule is CSc1ccc(S(=O)(=O)NCCSCc2ccccc2C)cc1C(=O)N1CCC(C)CC1. The van der Waals surface area contributed by atoms with Crippen molar-refractivity contribution < 1.29 is 13.2 Å². The van der Waals surface area contributed by atoms with Gasteiger partial charge in [0.2, 0.25) is 10.0 Å². The van der Waals surface area contributed by atoms with Crippen molar-refractivity contribution in [1.29, 1.82) is 0 Å². The predicted octanol–water partition coefficient (Wildman–Crippen LogP) is 4.80. The first-order valence-corrected chi connectivity index (χ1v) is 14.8. The van der Waals surface area contributed by atoms with E-state index in [0.717, 1.165) is 36.6 Å². The van der Waals surface area contributed by atoms with E-state index in [9.17, 15) is 13.2 Å². The van der Waals surface area contributed by atoms with E-state index in [-0.39, 0.29) is 10.8 Å². The van der Waals surface area contributed by atoms with E-state index in [0.29, 0.717) is 23.8 Å². The largest absolute Gasteiger partial charge is 0.339 e. The lowest BCUT2D eigenvalue weighted by molar-refractivity contribution is 0.0693. The van der Waals surface area contributed by atoms with E-state index in [1.165, 1.54) is 29.0 Å². The summed E-state index contributed by atoms with van der Waals surface area (Å²) in [4.78, 5) is 15.9. The predicted molar refractivity (Wildman–Crippen MR) is 135 cm³/mol. The Morgan fingerprint density at radius 3 is 2.56 bits per heavy atom. The van der Waals surface area contributed by atoms with E-state index in [1.807, 2.05) is 23.3 Å². The first-order chi connectivity index (χ1) is 15.3. The van der Waals surface area contributed by atoms with Crippen molar-refractivity contribution in [1.82, 2.24) is 9.62 Å². The van der Waals surface area contributed by atoms with Crippen molar-refractivity contribution in [2.75, 3.05) is 31.6 Å². The molecule has 1 amide bonds. The third-order valence-electron chi connectivity index (χ3n) is 5.84. The zero-order valence-corrected chi connectivity index (χ0v) is 21.4. The highest BCUT2D eigenvalue weighted by Crippen LogP contribution is 2.27. The Morgan fingerprint density at radius 2 is 1.88 bits per heavy atom. The number of nitrogens with one attached hydrogen (secondary N) is 1.